The summed E-state index contributed by atoms with van der Waals surface area (Å²) in [6.45, 7) is -6.30. The summed E-state index contributed by atoms with van der Waals surface area (Å²) in [7, 11) is 0. The van der Waals surface area contributed by atoms with Crippen LogP contribution in [-0.2, 0) is 96.8 Å². The Morgan fingerprint density at radius 3 is 0.571 bits per heavy atom. The van der Waals surface area contributed by atoms with E-state index < -0.39 is 129 Å². The number of carbonyl (C=O) groups is 15. The van der Waals surface area contributed by atoms with E-state index >= 15 is 14.4 Å². The Labute approximate surface area is 722 Å². The maximum absolute atomic E-state index is 15.8. The number of carbonyl (C=O) groups excluding carboxylic acids is 15. The lowest BCUT2D eigenvalue weighted by atomic mass is 10.1. The van der Waals surface area contributed by atoms with E-state index in [1.54, 1.807) is 182 Å². The molecule has 654 valence electrons. The van der Waals surface area contributed by atoms with Crippen LogP contribution in [0.4, 0.5) is 62.9 Å². The summed E-state index contributed by atoms with van der Waals surface area (Å²) in [6, 6.07) is 64.0. The third-order valence-corrected chi connectivity index (χ3v) is 18.1. The number of hydrogen-bond acceptors (Lipinski definition) is 22. The van der Waals surface area contributed by atoms with E-state index in [4.69, 9.17) is 28.4 Å². The molecule has 0 aromatic heterocycles. The zero-order chi connectivity index (χ0) is 89.2. The Balaban J connectivity index is 0.945. The molecule has 0 radical (unpaired) electrons. The van der Waals surface area contributed by atoms with Crippen molar-refractivity contribution in [3.05, 3.63) is 287 Å². The highest BCUT2D eigenvalue weighted by atomic mass is 16.6. The number of benzene rings is 9. The fourth-order valence-corrected chi connectivity index (χ4v) is 12.0. The molecule has 1 aliphatic rings. The molecule has 1 saturated heterocycles. The largest absolute Gasteiger partial charge is 0.445 e. The van der Waals surface area contributed by atoms with E-state index in [-0.39, 0.29) is 143 Å². The predicted molar refractivity (Wildman–Crippen MR) is 459 cm³/mol. The maximum Gasteiger partial charge on any atom is 0.407 e. The highest BCUT2D eigenvalue weighted by Crippen LogP contribution is 2.26. The van der Waals surface area contributed by atoms with Gasteiger partial charge in [0.2, 0.25) is 35.4 Å². The van der Waals surface area contributed by atoms with Gasteiger partial charge in [0.15, 0.2) is 0 Å². The van der Waals surface area contributed by atoms with Gasteiger partial charge in [-0.2, -0.15) is 0 Å². The molecule has 15 amide bonds. The first kappa shape index (κ1) is 92.1. The van der Waals surface area contributed by atoms with Crippen LogP contribution < -0.4 is 69.1 Å². The van der Waals surface area contributed by atoms with Gasteiger partial charge in [0.05, 0.1) is 0 Å². The predicted octanol–water partition coefficient (Wildman–Crippen LogP) is 8.21. The lowest BCUT2D eigenvalue weighted by Gasteiger charge is -2.32. The molecule has 1 aliphatic heterocycles. The molecule has 126 heavy (non-hydrogen) atoms. The molecule has 1 heterocycles. The Hall–Kier alpha value is -16.2. The van der Waals surface area contributed by atoms with Crippen molar-refractivity contribution in [1.29, 1.82) is 0 Å². The maximum atomic E-state index is 15.8. The van der Waals surface area contributed by atoms with E-state index in [1.165, 1.54) is 69.3 Å². The average molecular weight is 1720 g/mol. The number of nitrogens with zero attached hydrogens (tertiary/aromatic N) is 3. The minimum Gasteiger partial charge on any atom is -0.445 e. The number of hydrogen-bond donors (Lipinski definition) is 13. The molecule has 37 heteroatoms. The fourth-order valence-electron chi connectivity index (χ4n) is 12.0. The number of anilines is 6. The molecule has 0 atom stereocenters. The van der Waals surface area contributed by atoms with Crippen LogP contribution in [0.25, 0.3) is 0 Å². The van der Waals surface area contributed by atoms with Gasteiger partial charge in [-0.3, -0.25) is 43.2 Å². The zero-order valence-electron chi connectivity index (χ0n) is 68.1. The minimum absolute atomic E-state index is 0.0107. The van der Waals surface area contributed by atoms with Crippen LogP contribution >= 0.6 is 0 Å². The van der Waals surface area contributed by atoms with Crippen molar-refractivity contribution in [3.8, 4) is 0 Å². The molecule has 10 rings (SSSR count). The summed E-state index contributed by atoms with van der Waals surface area (Å²) in [4.78, 5) is 210. The lowest BCUT2D eigenvalue weighted by Crippen LogP contribution is -2.49. The van der Waals surface area contributed by atoms with Gasteiger partial charge in [0.1, 0.15) is 78.9 Å². The summed E-state index contributed by atoms with van der Waals surface area (Å²) in [5.41, 5.74) is 2.97. The average Bonchev–Trinajstić information content (AvgIpc) is 0.828. The van der Waals surface area contributed by atoms with E-state index in [0.29, 0.717) is 33.4 Å². The third kappa shape index (κ3) is 32.7. The van der Waals surface area contributed by atoms with Crippen LogP contribution in [0, 0.1) is 0 Å². The lowest BCUT2D eigenvalue weighted by molar-refractivity contribution is -0.116. The molecule has 1 fully saturated rings. The quantitative estimate of drug-likeness (QED) is 0.0172. The Kier molecular flexibility index (Phi) is 35.7. The summed E-state index contributed by atoms with van der Waals surface area (Å²) in [6.07, 6.45) is -5.64. The van der Waals surface area contributed by atoms with Gasteiger partial charge >= 0.3 is 36.6 Å². The smallest absolute Gasteiger partial charge is 0.407 e. The standard InChI is InChI=1S/C89H92N16O21/c106-75(48-91-84(115)121-54-60-19-7-1-8-20-60)97-69-39-66(40-70(45-69)98-76(107)49-92-85(116)122-55-61-21-9-2-10-22-61)81(112)103-33-31-90-32-34-104(82(113)67-41-71(99-77(108)50-93-86(117)123-56-62-23-11-3-12-24-62)46-72(42-67)100-78(109)51-94-87(118)124-57-63-25-13-4-14-26-63)36-38-105(37-35-103)83(114)68-43-73(101-79(110)52-95-88(119)125-58-64-27-15-5-16-28-64)47-74(44-68)102-80(111)53-96-89(120)126-59-65-29-17-6-18-30-65/h1-30,39-47,90H,31-38,48-59H2,(H,91,115)(H,92,116)(H,93,117)(H,94,118)(H,95,119)(H,96,120)(H,97,106)(H,98,107)(H,99,108)(H,100,109)(H,101,110)(H,102,111). The van der Waals surface area contributed by atoms with Crippen molar-refractivity contribution in [1.82, 2.24) is 51.9 Å². The van der Waals surface area contributed by atoms with Gasteiger partial charge in [0, 0.05) is 103 Å². The summed E-state index contributed by atoms with van der Waals surface area (Å²) in [5.74, 6) is -7.21. The van der Waals surface area contributed by atoms with Crippen molar-refractivity contribution >= 4 is 124 Å². The topological polar surface area (TPSA) is 478 Å². The Morgan fingerprint density at radius 1 is 0.230 bits per heavy atom. The number of ether oxygens (including phenoxy) is 6. The molecule has 0 bridgehead atoms. The Morgan fingerprint density at radius 2 is 0.397 bits per heavy atom. The van der Waals surface area contributed by atoms with Crippen LogP contribution in [0.3, 0.4) is 0 Å². The van der Waals surface area contributed by atoms with Crippen molar-refractivity contribution in [2.45, 2.75) is 39.6 Å². The second kappa shape index (κ2) is 48.9. The summed E-state index contributed by atoms with van der Waals surface area (Å²) in [5, 5.41) is 33.2. The molecule has 9 aromatic rings. The first-order valence-corrected chi connectivity index (χ1v) is 39.6. The molecule has 13 N–H and O–H groups in total. The van der Waals surface area contributed by atoms with Crippen molar-refractivity contribution < 1.29 is 100 Å². The van der Waals surface area contributed by atoms with Gasteiger partial charge < -0.3 is 112 Å². The molecular weight excluding hydrogens is 1630 g/mol. The normalized spacial score (nSPS) is 11.9. The van der Waals surface area contributed by atoms with E-state index in [9.17, 15) is 57.5 Å². The number of alkyl carbamates (subject to hydrolysis) is 6. The van der Waals surface area contributed by atoms with Gasteiger partial charge in [-0.15, -0.1) is 0 Å². The third-order valence-electron chi connectivity index (χ3n) is 18.1. The van der Waals surface area contributed by atoms with Crippen LogP contribution in [0.2, 0.25) is 0 Å². The van der Waals surface area contributed by atoms with Gasteiger partial charge in [-0.1, -0.05) is 182 Å². The first-order valence-electron chi connectivity index (χ1n) is 39.6. The SMILES string of the molecule is O=C(CNC(=O)OCc1ccccc1)Nc1cc(NC(=O)CNC(=O)OCc2ccccc2)cc(C(=O)N2CCNCCN(C(=O)c3cc(NC(=O)CNC(=O)OCc4ccccc4)cc(NC(=O)CNC(=O)OCc4ccccc4)c3)CCN(C(=O)c3cc(NC(=O)CNC(=O)OCc4ccccc4)cc(NC(=O)CNC(=O)OCc4ccccc4)c3)CC2)c1. The van der Waals surface area contributed by atoms with Gasteiger partial charge in [-0.05, 0) is 88.0 Å². The molecule has 0 unspecified atom stereocenters. The fraction of sp³-hybridized carbons (Fsp3) is 0.225. The summed E-state index contributed by atoms with van der Waals surface area (Å²) < 4.78 is 31.7. The second-order valence-electron chi connectivity index (χ2n) is 27.8. The van der Waals surface area contributed by atoms with E-state index in [0.717, 1.165) is 0 Å². The number of nitrogens with one attached hydrogen (secondary N) is 13. The molecule has 9 aromatic carbocycles. The highest BCUT2D eigenvalue weighted by molar-refractivity contribution is 6.05. The number of rotatable bonds is 33. The van der Waals surface area contributed by atoms with Crippen molar-refractivity contribution in [2.75, 3.05) is 124 Å². The zero-order valence-corrected chi connectivity index (χ0v) is 68.1. The summed E-state index contributed by atoms with van der Waals surface area (Å²) >= 11 is 0. The molecular formula is C89H92N16O21. The molecule has 0 saturated carbocycles. The van der Waals surface area contributed by atoms with Crippen LogP contribution in [0.1, 0.15) is 64.5 Å². The van der Waals surface area contributed by atoms with Crippen molar-refractivity contribution in [2.24, 2.45) is 0 Å². The molecule has 37 nitrogen and oxygen atoms in total. The first-order chi connectivity index (χ1) is 61.1. The monoisotopic (exact) mass is 1720 g/mol. The highest BCUT2D eigenvalue weighted by Gasteiger charge is 2.28. The second-order valence-corrected chi connectivity index (χ2v) is 27.8. The van der Waals surface area contributed by atoms with Gasteiger partial charge in [0.25, 0.3) is 17.7 Å². The van der Waals surface area contributed by atoms with Crippen LogP contribution in [0.5, 0.6) is 0 Å². The van der Waals surface area contributed by atoms with Crippen molar-refractivity contribution in [3.63, 3.8) is 0 Å². The Bertz CT molecular complexity index is 4780. The minimum atomic E-state index is -0.955. The van der Waals surface area contributed by atoms with Crippen LogP contribution in [-0.4, -0.2) is 196 Å². The number of amides is 15. The van der Waals surface area contributed by atoms with E-state index in [2.05, 4.69) is 69.1 Å². The van der Waals surface area contributed by atoms with Gasteiger partial charge in [-0.25, -0.2) is 28.8 Å². The molecule has 0 spiro atoms. The van der Waals surface area contributed by atoms with Crippen LogP contribution in [0.15, 0.2) is 237 Å². The molecule has 0 aliphatic carbocycles. The van der Waals surface area contributed by atoms with E-state index in [1.807, 2.05) is 0 Å².